The molecule has 0 aromatic heterocycles. The van der Waals surface area contributed by atoms with E-state index in [4.69, 9.17) is 5.73 Å². The minimum absolute atomic E-state index is 0.247. The lowest BCUT2D eigenvalue weighted by atomic mass is 9.84. The van der Waals surface area contributed by atoms with Crippen LogP contribution in [0.1, 0.15) is 26.3 Å². The van der Waals surface area contributed by atoms with Gasteiger partial charge in [-0.2, -0.15) is 0 Å². The summed E-state index contributed by atoms with van der Waals surface area (Å²) in [4.78, 5) is 0. The van der Waals surface area contributed by atoms with Gasteiger partial charge in [0, 0.05) is 12.0 Å². The summed E-state index contributed by atoms with van der Waals surface area (Å²) in [6, 6.07) is 4.07. The zero-order valence-corrected chi connectivity index (χ0v) is 11.3. The van der Waals surface area contributed by atoms with Crippen molar-refractivity contribution in [1.29, 1.82) is 0 Å². The molecule has 3 N–H and O–H groups in total. The maximum Gasteiger partial charge on any atom is 0.159 e. The molecule has 0 radical (unpaired) electrons. The summed E-state index contributed by atoms with van der Waals surface area (Å²) in [7, 11) is 0. The van der Waals surface area contributed by atoms with Crippen molar-refractivity contribution in [1.82, 2.24) is 5.32 Å². The molecule has 4 heteroatoms. The zero-order valence-electron chi connectivity index (χ0n) is 11.3. The Balaban J connectivity index is 2.64. The monoisotopic (exact) mass is 256 g/mol. The molecular weight excluding hydrogens is 234 g/mol. The number of benzene rings is 1. The van der Waals surface area contributed by atoms with E-state index < -0.39 is 11.6 Å². The van der Waals surface area contributed by atoms with Crippen LogP contribution in [0.2, 0.25) is 0 Å². The van der Waals surface area contributed by atoms with Gasteiger partial charge >= 0.3 is 0 Å². The molecule has 0 heterocycles. The molecule has 0 aliphatic rings. The van der Waals surface area contributed by atoms with Crippen LogP contribution >= 0.6 is 0 Å². The van der Waals surface area contributed by atoms with Crippen molar-refractivity contribution in [3.63, 3.8) is 0 Å². The second kappa shape index (κ2) is 6.25. The Morgan fingerprint density at radius 1 is 1.28 bits per heavy atom. The van der Waals surface area contributed by atoms with Crippen molar-refractivity contribution in [2.45, 2.75) is 26.2 Å². The summed E-state index contributed by atoms with van der Waals surface area (Å²) in [5, 5.41) is 3.31. The molecule has 18 heavy (non-hydrogen) atoms. The van der Waals surface area contributed by atoms with Crippen LogP contribution in [-0.2, 0) is 5.41 Å². The van der Waals surface area contributed by atoms with Gasteiger partial charge in [-0.15, -0.1) is 0 Å². The standard InChI is InChI=1S/C14H22F2N2/c1-10(7-17)8-18-9-14(2,3)11-4-5-12(15)13(16)6-11/h4-6,10,18H,7-9,17H2,1-3H3. The van der Waals surface area contributed by atoms with Gasteiger partial charge in [-0.25, -0.2) is 8.78 Å². The van der Waals surface area contributed by atoms with Crippen molar-refractivity contribution in [3.8, 4) is 0 Å². The maximum atomic E-state index is 13.2. The molecule has 1 aromatic carbocycles. The summed E-state index contributed by atoms with van der Waals surface area (Å²) in [5.74, 6) is -1.19. The average molecular weight is 256 g/mol. The van der Waals surface area contributed by atoms with E-state index in [2.05, 4.69) is 12.2 Å². The molecule has 1 unspecified atom stereocenters. The van der Waals surface area contributed by atoms with E-state index in [0.717, 1.165) is 12.1 Å². The molecule has 102 valence electrons. The van der Waals surface area contributed by atoms with Crippen molar-refractivity contribution in [2.75, 3.05) is 19.6 Å². The van der Waals surface area contributed by atoms with E-state index in [9.17, 15) is 8.78 Å². The second-order valence-corrected chi connectivity index (χ2v) is 5.48. The van der Waals surface area contributed by atoms with Gasteiger partial charge in [0.05, 0.1) is 0 Å². The van der Waals surface area contributed by atoms with Crippen LogP contribution in [-0.4, -0.2) is 19.6 Å². The van der Waals surface area contributed by atoms with Gasteiger partial charge in [0.2, 0.25) is 0 Å². The Bertz CT molecular complexity index is 391. The van der Waals surface area contributed by atoms with Crippen LogP contribution in [0.25, 0.3) is 0 Å². The van der Waals surface area contributed by atoms with Crippen molar-refractivity contribution in [2.24, 2.45) is 11.7 Å². The molecule has 0 saturated heterocycles. The van der Waals surface area contributed by atoms with E-state index in [-0.39, 0.29) is 5.41 Å². The highest BCUT2D eigenvalue weighted by Gasteiger charge is 2.21. The lowest BCUT2D eigenvalue weighted by Crippen LogP contribution is -2.36. The molecule has 1 atom stereocenters. The fourth-order valence-corrected chi connectivity index (χ4v) is 1.73. The van der Waals surface area contributed by atoms with Gasteiger partial charge in [0.1, 0.15) is 0 Å². The zero-order chi connectivity index (χ0) is 13.8. The van der Waals surface area contributed by atoms with Crippen LogP contribution in [0, 0.1) is 17.6 Å². The Hall–Kier alpha value is -1.00. The van der Waals surface area contributed by atoms with Gasteiger partial charge in [-0.1, -0.05) is 26.8 Å². The lowest BCUT2D eigenvalue weighted by molar-refractivity contribution is 0.430. The number of hydrogen-bond donors (Lipinski definition) is 2. The summed E-state index contributed by atoms with van der Waals surface area (Å²) < 4.78 is 26.1. The molecule has 0 fully saturated rings. The Kier molecular flexibility index (Phi) is 5.23. The third-order valence-electron chi connectivity index (χ3n) is 3.16. The molecule has 0 saturated carbocycles. The Morgan fingerprint density at radius 3 is 2.50 bits per heavy atom. The molecule has 0 amide bonds. The Morgan fingerprint density at radius 2 is 1.94 bits per heavy atom. The van der Waals surface area contributed by atoms with E-state index in [1.807, 2.05) is 13.8 Å². The predicted molar refractivity (Wildman–Crippen MR) is 70.5 cm³/mol. The molecule has 1 aromatic rings. The van der Waals surface area contributed by atoms with Crippen LogP contribution in [0.15, 0.2) is 18.2 Å². The first-order valence-electron chi connectivity index (χ1n) is 6.23. The predicted octanol–water partition coefficient (Wildman–Crippen LogP) is 2.43. The lowest BCUT2D eigenvalue weighted by Gasteiger charge is -2.26. The first kappa shape index (κ1) is 15.1. The first-order valence-corrected chi connectivity index (χ1v) is 6.23. The summed E-state index contributed by atoms with van der Waals surface area (Å²) in [5.41, 5.74) is 6.08. The number of rotatable bonds is 6. The van der Waals surface area contributed by atoms with Crippen molar-refractivity contribution < 1.29 is 8.78 Å². The minimum Gasteiger partial charge on any atom is -0.330 e. The minimum atomic E-state index is -0.806. The summed E-state index contributed by atoms with van der Waals surface area (Å²) in [6.07, 6.45) is 0. The molecule has 0 aliphatic heterocycles. The summed E-state index contributed by atoms with van der Waals surface area (Å²) >= 11 is 0. The average Bonchev–Trinajstić information content (AvgIpc) is 2.32. The van der Waals surface area contributed by atoms with Crippen LogP contribution < -0.4 is 11.1 Å². The van der Waals surface area contributed by atoms with Gasteiger partial charge in [0.25, 0.3) is 0 Å². The highest BCUT2D eigenvalue weighted by atomic mass is 19.2. The third kappa shape index (κ3) is 4.03. The fraction of sp³-hybridized carbons (Fsp3) is 0.571. The van der Waals surface area contributed by atoms with Crippen LogP contribution in [0.5, 0.6) is 0 Å². The number of halogens is 2. The second-order valence-electron chi connectivity index (χ2n) is 5.48. The molecule has 0 spiro atoms. The summed E-state index contributed by atoms with van der Waals surface area (Å²) in [6.45, 7) is 8.22. The molecule has 0 aliphatic carbocycles. The third-order valence-corrected chi connectivity index (χ3v) is 3.16. The number of nitrogens with one attached hydrogen (secondary N) is 1. The van der Waals surface area contributed by atoms with E-state index >= 15 is 0 Å². The first-order chi connectivity index (χ1) is 8.36. The maximum absolute atomic E-state index is 13.2. The van der Waals surface area contributed by atoms with E-state index in [1.54, 1.807) is 6.07 Å². The molecule has 2 nitrogen and oxygen atoms in total. The highest BCUT2D eigenvalue weighted by Crippen LogP contribution is 2.23. The van der Waals surface area contributed by atoms with Crippen LogP contribution in [0.4, 0.5) is 8.78 Å². The van der Waals surface area contributed by atoms with E-state index in [1.165, 1.54) is 12.1 Å². The van der Waals surface area contributed by atoms with Crippen molar-refractivity contribution >= 4 is 0 Å². The highest BCUT2D eigenvalue weighted by molar-refractivity contribution is 5.25. The van der Waals surface area contributed by atoms with Crippen molar-refractivity contribution in [3.05, 3.63) is 35.4 Å². The van der Waals surface area contributed by atoms with Crippen LogP contribution in [0.3, 0.4) is 0 Å². The smallest absolute Gasteiger partial charge is 0.159 e. The van der Waals surface area contributed by atoms with Gasteiger partial charge in [-0.3, -0.25) is 0 Å². The quantitative estimate of drug-likeness (QED) is 0.820. The van der Waals surface area contributed by atoms with Gasteiger partial charge in [-0.05, 0) is 36.7 Å². The van der Waals surface area contributed by atoms with E-state index in [0.29, 0.717) is 19.0 Å². The fourth-order valence-electron chi connectivity index (χ4n) is 1.73. The largest absolute Gasteiger partial charge is 0.330 e. The number of nitrogens with two attached hydrogens (primary N) is 1. The Labute approximate surface area is 108 Å². The molecule has 1 rings (SSSR count). The topological polar surface area (TPSA) is 38.0 Å². The number of hydrogen-bond acceptors (Lipinski definition) is 2. The van der Waals surface area contributed by atoms with Gasteiger partial charge in [0.15, 0.2) is 11.6 Å². The normalized spacial score (nSPS) is 13.7. The molecular formula is C14H22F2N2. The molecule has 0 bridgehead atoms. The van der Waals surface area contributed by atoms with Gasteiger partial charge < -0.3 is 11.1 Å². The SMILES string of the molecule is CC(CN)CNCC(C)(C)c1ccc(F)c(F)c1.